The second kappa shape index (κ2) is 7.23. The van der Waals surface area contributed by atoms with E-state index in [0.29, 0.717) is 12.2 Å². The van der Waals surface area contributed by atoms with Gasteiger partial charge in [-0.3, -0.25) is 4.79 Å². The zero-order valence-corrected chi connectivity index (χ0v) is 14.6. The van der Waals surface area contributed by atoms with Crippen LogP contribution in [0, 0.1) is 0 Å². The van der Waals surface area contributed by atoms with E-state index in [-0.39, 0.29) is 5.91 Å². The van der Waals surface area contributed by atoms with E-state index in [0.717, 1.165) is 18.0 Å². The summed E-state index contributed by atoms with van der Waals surface area (Å²) in [6.07, 6.45) is 4.92. The number of hydrogen-bond donors (Lipinski definition) is 1. The Morgan fingerprint density at radius 2 is 2.04 bits per heavy atom. The van der Waals surface area contributed by atoms with Crippen molar-refractivity contribution in [2.24, 2.45) is 0 Å². The standard InChI is InChI=1S/C18H23N3OS/c1-21(2)11-17-20-16(12-23-17)18(22)19-10-13-7-8-14-5-3-4-6-15(14)9-13/h7-9,12H,3-6,10-11H2,1-2H3,(H,19,22). The van der Waals surface area contributed by atoms with Gasteiger partial charge in [0.05, 0.1) is 0 Å². The number of carbonyl (C=O) groups is 1. The van der Waals surface area contributed by atoms with E-state index in [1.807, 2.05) is 24.4 Å². The molecule has 122 valence electrons. The average Bonchev–Trinajstić information content (AvgIpc) is 3.00. The fourth-order valence-electron chi connectivity index (χ4n) is 2.93. The van der Waals surface area contributed by atoms with Gasteiger partial charge in [-0.05, 0) is 56.5 Å². The molecule has 0 saturated heterocycles. The highest BCUT2D eigenvalue weighted by molar-refractivity contribution is 7.09. The van der Waals surface area contributed by atoms with Gasteiger partial charge in [-0.1, -0.05) is 18.2 Å². The number of hydrogen-bond acceptors (Lipinski definition) is 4. The van der Waals surface area contributed by atoms with Crippen LogP contribution >= 0.6 is 11.3 Å². The lowest BCUT2D eigenvalue weighted by Crippen LogP contribution is -2.23. The van der Waals surface area contributed by atoms with E-state index in [4.69, 9.17) is 0 Å². The lowest BCUT2D eigenvalue weighted by molar-refractivity contribution is 0.0946. The SMILES string of the molecule is CN(C)Cc1nc(C(=O)NCc2ccc3c(c2)CCCC3)cs1. The molecule has 2 aromatic rings. The van der Waals surface area contributed by atoms with Crippen molar-refractivity contribution in [3.05, 3.63) is 51.0 Å². The van der Waals surface area contributed by atoms with Crippen LogP contribution in [0.4, 0.5) is 0 Å². The van der Waals surface area contributed by atoms with Crippen LogP contribution in [0.15, 0.2) is 23.6 Å². The number of carbonyl (C=O) groups excluding carboxylic acids is 1. The van der Waals surface area contributed by atoms with E-state index in [1.54, 1.807) is 0 Å². The van der Waals surface area contributed by atoms with Gasteiger partial charge in [0, 0.05) is 18.5 Å². The predicted octanol–water partition coefficient (Wildman–Crippen LogP) is 3.01. The molecule has 23 heavy (non-hydrogen) atoms. The maximum Gasteiger partial charge on any atom is 0.271 e. The molecular formula is C18H23N3OS. The number of thiazole rings is 1. The maximum absolute atomic E-state index is 12.2. The number of benzene rings is 1. The summed E-state index contributed by atoms with van der Waals surface area (Å²) < 4.78 is 0. The van der Waals surface area contributed by atoms with Crippen molar-refractivity contribution in [3.8, 4) is 0 Å². The zero-order chi connectivity index (χ0) is 16.2. The molecule has 0 spiro atoms. The molecule has 0 bridgehead atoms. The molecule has 1 heterocycles. The third-order valence-corrected chi connectivity index (χ3v) is 4.94. The topological polar surface area (TPSA) is 45.2 Å². The van der Waals surface area contributed by atoms with Crippen LogP contribution in [0.1, 0.15) is 45.0 Å². The summed E-state index contributed by atoms with van der Waals surface area (Å²) in [6, 6.07) is 6.59. The number of nitrogens with one attached hydrogen (secondary N) is 1. The lowest BCUT2D eigenvalue weighted by atomic mass is 9.90. The molecule has 1 aromatic heterocycles. The molecule has 3 rings (SSSR count). The minimum atomic E-state index is -0.0935. The molecule has 1 amide bonds. The van der Waals surface area contributed by atoms with Crippen LogP contribution in [0.2, 0.25) is 0 Å². The predicted molar refractivity (Wildman–Crippen MR) is 93.8 cm³/mol. The number of amides is 1. The van der Waals surface area contributed by atoms with Crippen LogP contribution in [0.5, 0.6) is 0 Å². The number of fused-ring (bicyclic) bond motifs is 1. The van der Waals surface area contributed by atoms with Crippen molar-refractivity contribution in [2.75, 3.05) is 14.1 Å². The zero-order valence-electron chi connectivity index (χ0n) is 13.8. The molecule has 4 nitrogen and oxygen atoms in total. The Hall–Kier alpha value is -1.72. The molecule has 1 aliphatic rings. The quantitative estimate of drug-likeness (QED) is 0.917. The van der Waals surface area contributed by atoms with Crippen molar-refractivity contribution >= 4 is 17.2 Å². The van der Waals surface area contributed by atoms with Gasteiger partial charge < -0.3 is 10.2 Å². The van der Waals surface area contributed by atoms with Crippen molar-refractivity contribution in [1.29, 1.82) is 0 Å². The average molecular weight is 329 g/mol. The van der Waals surface area contributed by atoms with Gasteiger partial charge in [-0.15, -0.1) is 11.3 Å². The molecule has 0 unspecified atom stereocenters. The second-order valence-corrected chi connectivity index (χ2v) is 7.30. The normalized spacial score (nSPS) is 13.9. The van der Waals surface area contributed by atoms with Crippen LogP contribution < -0.4 is 5.32 Å². The summed E-state index contributed by atoms with van der Waals surface area (Å²) in [4.78, 5) is 18.7. The van der Waals surface area contributed by atoms with Crippen LogP contribution in [-0.2, 0) is 25.9 Å². The molecule has 0 saturated carbocycles. The first-order valence-corrected chi connectivity index (χ1v) is 8.98. The third kappa shape index (κ3) is 4.18. The monoisotopic (exact) mass is 329 g/mol. The first-order valence-electron chi connectivity index (χ1n) is 8.10. The number of aryl methyl sites for hydroxylation is 2. The van der Waals surface area contributed by atoms with Gasteiger partial charge in [0.25, 0.3) is 5.91 Å². The summed E-state index contributed by atoms with van der Waals surface area (Å²) in [6.45, 7) is 1.33. The molecular weight excluding hydrogens is 306 g/mol. The third-order valence-electron chi connectivity index (χ3n) is 4.10. The Morgan fingerprint density at radius 3 is 2.83 bits per heavy atom. The Labute approximate surface area is 141 Å². The molecule has 1 N–H and O–H groups in total. The Morgan fingerprint density at radius 1 is 1.26 bits per heavy atom. The Kier molecular flexibility index (Phi) is 5.08. The van der Waals surface area contributed by atoms with Gasteiger partial charge in [0.2, 0.25) is 0 Å². The molecule has 0 atom stereocenters. The fourth-order valence-corrected chi connectivity index (χ4v) is 3.82. The van der Waals surface area contributed by atoms with Crippen molar-refractivity contribution < 1.29 is 4.79 Å². The van der Waals surface area contributed by atoms with Crippen LogP contribution in [0.3, 0.4) is 0 Å². The van der Waals surface area contributed by atoms with Gasteiger partial charge >= 0.3 is 0 Å². The number of rotatable bonds is 5. The minimum absolute atomic E-state index is 0.0935. The Balaban J connectivity index is 1.59. The van der Waals surface area contributed by atoms with E-state index >= 15 is 0 Å². The fraction of sp³-hybridized carbons (Fsp3) is 0.444. The second-order valence-electron chi connectivity index (χ2n) is 6.36. The summed E-state index contributed by atoms with van der Waals surface area (Å²) >= 11 is 1.53. The van der Waals surface area contributed by atoms with Crippen LogP contribution in [0.25, 0.3) is 0 Å². The maximum atomic E-state index is 12.2. The molecule has 1 aromatic carbocycles. The number of nitrogens with zero attached hydrogens (tertiary/aromatic N) is 2. The summed E-state index contributed by atoms with van der Waals surface area (Å²) in [5, 5.41) is 5.78. The minimum Gasteiger partial charge on any atom is -0.347 e. The van der Waals surface area contributed by atoms with E-state index in [1.165, 1.54) is 47.3 Å². The van der Waals surface area contributed by atoms with E-state index in [2.05, 4.69) is 28.5 Å². The summed E-state index contributed by atoms with van der Waals surface area (Å²) in [5.74, 6) is -0.0935. The highest BCUT2D eigenvalue weighted by Crippen LogP contribution is 2.22. The molecule has 0 fully saturated rings. The van der Waals surface area contributed by atoms with E-state index < -0.39 is 0 Å². The highest BCUT2D eigenvalue weighted by Gasteiger charge is 2.12. The lowest BCUT2D eigenvalue weighted by Gasteiger charge is -2.16. The largest absolute Gasteiger partial charge is 0.347 e. The van der Waals surface area contributed by atoms with Crippen LogP contribution in [-0.4, -0.2) is 29.9 Å². The molecule has 5 heteroatoms. The Bertz CT molecular complexity index is 693. The first-order chi connectivity index (χ1) is 11.1. The van der Waals surface area contributed by atoms with Crippen molar-refractivity contribution in [2.45, 2.75) is 38.8 Å². The molecule has 0 aliphatic heterocycles. The van der Waals surface area contributed by atoms with Gasteiger partial charge in [-0.2, -0.15) is 0 Å². The van der Waals surface area contributed by atoms with Crippen molar-refractivity contribution in [3.63, 3.8) is 0 Å². The summed E-state index contributed by atoms with van der Waals surface area (Å²) in [5.41, 5.74) is 4.61. The van der Waals surface area contributed by atoms with Gasteiger partial charge in [0.15, 0.2) is 0 Å². The smallest absolute Gasteiger partial charge is 0.271 e. The molecule has 0 radical (unpaired) electrons. The molecule has 1 aliphatic carbocycles. The highest BCUT2D eigenvalue weighted by atomic mass is 32.1. The van der Waals surface area contributed by atoms with E-state index in [9.17, 15) is 4.79 Å². The first kappa shape index (κ1) is 16.1. The van der Waals surface area contributed by atoms with Crippen molar-refractivity contribution in [1.82, 2.24) is 15.2 Å². The van der Waals surface area contributed by atoms with Gasteiger partial charge in [-0.25, -0.2) is 4.98 Å². The van der Waals surface area contributed by atoms with Gasteiger partial charge in [0.1, 0.15) is 10.7 Å². The summed E-state index contributed by atoms with van der Waals surface area (Å²) in [7, 11) is 3.99. The number of aromatic nitrogens is 1.